The molecule has 0 amide bonds. The Morgan fingerprint density at radius 2 is 2.00 bits per heavy atom. The second-order valence-electron chi connectivity index (χ2n) is 10.3. The molecule has 4 nitrogen and oxygen atoms in total. The van der Waals surface area contributed by atoms with E-state index in [0.29, 0.717) is 5.92 Å². The van der Waals surface area contributed by atoms with Gasteiger partial charge in [0, 0.05) is 10.9 Å². The van der Waals surface area contributed by atoms with Gasteiger partial charge in [0.1, 0.15) is 11.1 Å². The number of aryl methyl sites for hydroxylation is 1. The summed E-state index contributed by atoms with van der Waals surface area (Å²) in [5, 5.41) is 12.8. The Kier molecular flexibility index (Phi) is 5.80. The van der Waals surface area contributed by atoms with Gasteiger partial charge < -0.3 is 9.84 Å². The Morgan fingerprint density at radius 3 is 2.61 bits per heavy atom. The van der Waals surface area contributed by atoms with Crippen LogP contribution in [0.5, 0.6) is 0 Å². The molecule has 2 aromatic rings. The Morgan fingerprint density at radius 1 is 1.26 bits per heavy atom. The SMILES string of the molecule is COC(=O)[C@]1(C)CCC[C@]2(C)c3cc(-c4csc([C@H](C)O)n4)c(C(C)C)cc3CC[C@@H]12. The smallest absolute Gasteiger partial charge is 0.311 e. The summed E-state index contributed by atoms with van der Waals surface area (Å²) in [6.07, 6.45) is 4.48. The summed E-state index contributed by atoms with van der Waals surface area (Å²) >= 11 is 1.52. The third kappa shape index (κ3) is 3.54. The molecule has 0 aliphatic heterocycles. The van der Waals surface area contributed by atoms with Gasteiger partial charge in [-0.25, -0.2) is 4.98 Å². The Balaban J connectivity index is 1.87. The number of benzene rings is 1. The van der Waals surface area contributed by atoms with Crippen molar-refractivity contribution >= 4 is 17.3 Å². The molecule has 0 spiro atoms. The first kappa shape index (κ1) is 22.5. The fourth-order valence-corrected chi connectivity index (χ4v) is 7.08. The van der Waals surface area contributed by atoms with E-state index in [-0.39, 0.29) is 17.3 Å². The highest BCUT2D eigenvalue weighted by Gasteiger charge is 2.55. The number of hydrogen-bond donors (Lipinski definition) is 1. The van der Waals surface area contributed by atoms with Crippen LogP contribution in [0.4, 0.5) is 0 Å². The van der Waals surface area contributed by atoms with Crippen molar-refractivity contribution in [3.63, 3.8) is 0 Å². The van der Waals surface area contributed by atoms with E-state index < -0.39 is 11.5 Å². The number of aliphatic hydroxyl groups is 1. The van der Waals surface area contributed by atoms with Crippen molar-refractivity contribution in [2.45, 2.75) is 84.2 Å². The Hall–Kier alpha value is -1.72. The fraction of sp³-hybridized carbons (Fsp3) is 0.615. The quantitative estimate of drug-likeness (QED) is 0.576. The Bertz CT molecular complexity index is 995. The summed E-state index contributed by atoms with van der Waals surface area (Å²) < 4.78 is 5.27. The summed E-state index contributed by atoms with van der Waals surface area (Å²) in [5.74, 6) is 0.594. The lowest BCUT2D eigenvalue weighted by Crippen LogP contribution is -2.52. The zero-order valence-corrected chi connectivity index (χ0v) is 20.4. The van der Waals surface area contributed by atoms with Gasteiger partial charge in [0.15, 0.2) is 0 Å². The lowest BCUT2D eigenvalue weighted by atomic mass is 9.49. The third-order valence-corrected chi connectivity index (χ3v) is 8.97. The molecule has 168 valence electrons. The first-order valence-electron chi connectivity index (χ1n) is 11.5. The predicted octanol–water partition coefficient (Wildman–Crippen LogP) is 6.17. The van der Waals surface area contributed by atoms with Crippen LogP contribution in [-0.2, 0) is 21.4 Å². The molecule has 1 saturated carbocycles. The number of methoxy groups -OCH3 is 1. The van der Waals surface area contributed by atoms with Crippen LogP contribution in [0.1, 0.15) is 94.0 Å². The standard InChI is InChI=1S/C26H35NO3S/c1-15(2)18-12-17-8-9-22-25(4,10-7-11-26(22,5)24(29)30-6)20(17)13-19(18)21-14-31-23(27-21)16(3)28/h12-16,22,28H,7-11H2,1-6H3/t16-,22+,25+,26+/m0/s1. The van der Waals surface area contributed by atoms with Crippen molar-refractivity contribution < 1.29 is 14.6 Å². The van der Waals surface area contributed by atoms with Gasteiger partial charge in [-0.2, -0.15) is 0 Å². The molecule has 4 rings (SSSR count). The topological polar surface area (TPSA) is 59.4 Å². The number of nitrogens with zero attached hydrogens (tertiary/aromatic N) is 1. The monoisotopic (exact) mass is 441 g/mol. The minimum absolute atomic E-state index is 0.0534. The van der Waals surface area contributed by atoms with Crippen LogP contribution in [-0.4, -0.2) is 23.2 Å². The number of aromatic nitrogens is 1. The molecule has 1 aromatic carbocycles. The first-order chi connectivity index (χ1) is 14.6. The van der Waals surface area contributed by atoms with Crippen LogP contribution < -0.4 is 0 Å². The summed E-state index contributed by atoms with van der Waals surface area (Å²) in [6, 6.07) is 4.75. The maximum atomic E-state index is 12.8. The third-order valence-electron chi connectivity index (χ3n) is 7.95. The number of carbonyl (C=O) groups is 1. The van der Waals surface area contributed by atoms with Crippen molar-refractivity contribution in [2.24, 2.45) is 11.3 Å². The average Bonchev–Trinajstić information content (AvgIpc) is 3.22. The minimum Gasteiger partial charge on any atom is -0.469 e. The van der Waals surface area contributed by atoms with Crippen LogP contribution in [0.25, 0.3) is 11.3 Å². The van der Waals surface area contributed by atoms with Crippen molar-refractivity contribution in [1.82, 2.24) is 4.98 Å². The highest BCUT2D eigenvalue weighted by atomic mass is 32.1. The van der Waals surface area contributed by atoms with E-state index in [1.807, 2.05) is 0 Å². The molecule has 0 unspecified atom stereocenters. The van der Waals surface area contributed by atoms with Gasteiger partial charge in [-0.1, -0.05) is 33.3 Å². The highest BCUT2D eigenvalue weighted by Crippen LogP contribution is 2.58. The molecule has 4 atom stereocenters. The van der Waals surface area contributed by atoms with Crippen LogP contribution in [0, 0.1) is 11.3 Å². The highest BCUT2D eigenvalue weighted by molar-refractivity contribution is 7.10. The zero-order valence-electron chi connectivity index (χ0n) is 19.6. The van der Waals surface area contributed by atoms with Crippen molar-refractivity contribution in [2.75, 3.05) is 7.11 Å². The average molecular weight is 442 g/mol. The van der Waals surface area contributed by atoms with E-state index in [4.69, 9.17) is 9.72 Å². The van der Waals surface area contributed by atoms with Crippen molar-refractivity contribution in [3.05, 3.63) is 39.2 Å². The maximum absolute atomic E-state index is 12.8. The molecule has 2 aliphatic carbocycles. The molecule has 31 heavy (non-hydrogen) atoms. The predicted molar refractivity (Wildman–Crippen MR) is 125 cm³/mol. The van der Waals surface area contributed by atoms with Crippen molar-refractivity contribution in [1.29, 1.82) is 0 Å². The molecule has 1 aromatic heterocycles. The number of fused-ring (bicyclic) bond motifs is 3. The molecule has 0 radical (unpaired) electrons. The summed E-state index contributed by atoms with van der Waals surface area (Å²) in [6.45, 7) is 10.7. The molecule has 1 heterocycles. The molecule has 5 heteroatoms. The minimum atomic E-state index is -0.556. The van der Waals surface area contributed by atoms with Gasteiger partial charge in [-0.05, 0) is 79.5 Å². The largest absolute Gasteiger partial charge is 0.469 e. The number of rotatable bonds is 4. The Labute approximate surface area is 190 Å². The molecule has 0 saturated heterocycles. The van der Waals surface area contributed by atoms with Crippen molar-refractivity contribution in [3.8, 4) is 11.3 Å². The van der Waals surface area contributed by atoms with E-state index in [2.05, 4.69) is 45.2 Å². The number of ether oxygens (including phenoxy) is 1. The molecule has 1 N–H and O–H groups in total. The van der Waals surface area contributed by atoms with E-state index in [9.17, 15) is 9.90 Å². The lowest BCUT2D eigenvalue weighted by molar-refractivity contribution is -0.161. The molecule has 0 bridgehead atoms. The number of carbonyl (C=O) groups excluding carboxylic acids is 1. The van der Waals surface area contributed by atoms with Gasteiger partial charge >= 0.3 is 5.97 Å². The van der Waals surface area contributed by atoms with Gasteiger partial charge in [0.05, 0.1) is 18.2 Å². The van der Waals surface area contributed by atoms with Crippen LogP contribution in [0.15, 0.2) is 17.5 Å². The lowest BCUT2D eigenvalue weighted by Gasteiger charge is -2.54. The van der Waals surface area contributed by atoms with Crippen LogP contribution in [0.2, 0.25) is 0 Å². The second-order valence-corrected chi connectivity index (χ2v) is 11.2. The van der Waals surface area contributed by atoms with E-state index in [1.54, 1.807) is 6.92 Å². The normalized spacial score (nSPS) is 28.7. The number of aliphatic hydroxyl groups excluding tert-OH is 1. The van der Waals surface area contributed by atoms with Gasteiger partial charge in [-0.15, -0.1) is 11.3 Å². The first-order valence-corrected chi connectivity index (χ1v) is 12.4. The molecule has 1 fully saturated rings. The van der Waals surface area contributed by atoms with E-state index in [0.717, 1.165) is 42.8 Å². The second kappa shape index (κ2) is 8.00. The summed E-state index contributed by atoms with van der Waals surface area (Å²) in [4.78, 5) is 17.6. The van der Waals surface area contributed by atoms with E-state index in [1.165, 1.54) is 40.7 Å². The van der Waals surface area contributed by atoms with Crippen LogP contribution in [0.3, 0.4) is 0 Å². The van der Waals surface area contributed by atoms with Gasteiger partial charge in [0.25, 0.3) is 0 Å². The number of thiazole rings is 1. The summed E-state index contributed by atoms with van der Waals surface area (Å²) in [7, 11) is 1.52. The molecular weight excluding hydrogens is 406 g/mol. The molecule has 2 aliphatic rings. The van der Waals surface area contributed by atoms with Gasteiger partial charge in [-0.3, -0.25) is 4.79 Å². The van der Waals surface area contributed by atoms with E-state index >= 15 is 0 Å². The number of esters is 1. The fourth-order valence-electron chi connectivity index (χ4n) is 6.32. The zero-order chi connectivity index (χ0) is 22.6. The van der Waals surface area contributed by atoms with Gasteiger partial charge in [0.2, 0.25) is 0 Å². The van der Waals surface area contributed by atoms with Crippen LogP contribution >= 0.6 is 11.3 Å². The number of hydrogen-bond acceptors (Lipinski definition) is 5. The molecular formula is C26H35NO3S. The maximum Gasteiger partial charge on any atom is 0.311 e. The summed E-state index contributed by atoms with van der Waals surface area (Å²) in [5.41, 5.74) is 5.75.